The zero-order valence-corrected chi connectivity index (χ0v) is 10.9. The van der Waals surface area contributed by atoms with Gasteiger partial charge in [0.05, 0.1) is 18.5 Å². The number of carbonyl (C=O) groups excluding carboxylic acids is 2. The van der Waals surface area contributed by atoms with E-state index in [4.69, 9.17) is 4.74 Å². The van der Waals surface area contributed by atoms with E-state index in [0.29, 0.717) is 18.4 Å². The van der Waals surface area contributed by atoms with Gasteiger partial charge in [0.25, 0.3) is 0 Å². The van der Waals surface area contributed by atoms with E-state index in [-0.39, 0.29) is 30.1 Å². The monoisotopic (exact) mass is 252 g/mol. The number of cyclic esters (lactones) is 1. The van der Waals surface area contributed by atoms with E-state index in [1.54, 1.807) is 0 Å². The third kappa shape index (κ3) is 1.81. The molecule has 3 fully saturated rings. The second-order valence-corrected chi connectivity index (χ2v) is 5.85. The zero-order valence-electron chi connectivity index (χ0n) is 10.9. The Morgan fingerprint density at radius 3 is 2.78 bits per heavy atom. The molecule has 5 heteroatoms. The van der Waals surface area contributed by atoms with Gasteiger partial charge in [0.2, 0.25) is 5.91 Å². The first-order chi connectivity index (χ1) is 8.56. The summed E-state index contributed by atoms with van der Waals surface area (Å²) < 4.78 is 5.06. The standard InChI is InChI=1S/C13H20N2O3/c1-7-10(6-11(16)18-7)14-13(17)12-8-3-4-9(5-8)15(12)2/h7-10,12H,3-6H2,1-2H3,(H,14,17)/t7?,8-,9+,10?,12?/m1/s1. The molecular weight excluding hydrogens is 232 g/mol. The quantitative estimate of drug-likeness (QED) is 0.718. The van der Waals surface area contributed by atoms with Gasteiger partial charge >= 0.3 is 5.97 Å². The van der Waals surface area contributed by atoms with Crippen molar-refractivity contribution < 1.29 is 14.3 Å². The van der Waals surface area contributed by atoms with Crippen molar-refractivity contribution in [1.82, 2.24) is 10.2 Å². The first-order valence-electron chi connectivity index (χ1n) is 6.78. The maximum Gasteiger partial charge on any atom is 0.308 e. The lowest BCUT2D eigenvalue weighted by molar-refractivity contribution is -0.141. The van der Waals surface area contributed by atoms with E-state index >= 15 is 0 Å². The molecule has 3 aliphatic rings. The van der Waals surface area contributed by atoms with Gasteiger partial charge in [-0.1, -0.05) is 0 Å². The Labute approximate surface area is 107 Å². The lowest BCUT2D eigenvalue weighted by Crippen LogP contribution is -2.52. The number of ether oxygens (including phenoxy) is 1. The summed E-state index contributed by atoms with van der Waals surface area (Å²) in [6.45, 7) is 1.83. The molecule has 18 heavy (non-hydrogen) atoms. The number of fused-ring (bicyclic) bond motifs is 2. The third-order valence-electron chi connectivity index (χ3n) is 4.77. The van der Waals surface area contributed by atoms with Crippen molar-refractivity contribution >= 4 is 11.9 Å². The number of amides is 1. The topological polar surface area (TPSA) is 58.6 Å². The number of carbonyl (C=O) groups is 2. The summed E-state index contributed by atoms with van der Waals surface area (Å²) in [7, 11) is 2.04. The molecule has 5 atom stereocenters. The first-order valence-corrected chi connectivity index (χ1v) is 6.78. The first kappa shape index (κ1) is 12.0. The Bertz CT molecular complexity index is 382. The van der Waals surface area contributed by atoms with Crippen LogP contribution in [0.3, 0.4) is 0 Å². The minimum Gasteiger partial charge on any atom is -0.460 e. The van der Waals surface area contributed by atoms with E-state index in [2.05, 4.69) is 10.2 Å². The molecule has 0 aromatic carbocycles. The number of hydrogen-bond acceptors (Lipinski definition) is 4. The van der Waals surface area contributed by atoms with Gasteiger partial charge in [-0.2, -0.15) is 0 Å². The average Bonchev–Trinajstić information content (AvgIpc) is 2.94. The predicted octanol–water partition coefficient (Wildman–Crippen LogP) is 0.289. The van der Waals surface area contributed by atoms with Crippen LogP contribution >= 0.6 is 0 Å². The van der Waals surface area contributed by atoms with Gasteiger partial charge in [0.1, 0.15) is 6.10 Å². The summed E-state index contributed by atoms with van der Waals surface area (Å²) in [6, 6.07) is 0.411. The average molecular weight is 252 g/mol. The van der Waals surface area contributed by atoms with Crippen LogP contribution in [0.25, 0.3) is 0 Å². The van der Waals surface area contributed by atoms with Crippen molar-refractivity contribution in [2.75, 3.05) is 7.05 Å². The second-order valence-electron chi connectivity index (χ2n) is 5.85. The van der Waals surface area contributed by atoms with Crippen LogP contribution in [-0.4, -0.2) is 48.1 Å². The number of hydrogen-bond donors (Lipinski definition) is 1. The van der Waals surface area contributed by atoms with Gasteiger partial charge in [-0.3, -0.25) is 14.5 Å². The Morgan fingerprint density at radius 1 is 1.44 bits per heavy atom. The Kier molecular flexibility index (Phi) is 2.81. The maximum absolute atomic E-state index is 12.3. The number of esters is 1. The van der Waals surface area contributed by atoms with Crippen molar-refractivity contribution in [2.45, 2.75) is 56.8 Å². The SMILES string of the molecule is CC1OC(=O)CC1NC(=O)C1[C@@H]2CC[C@@H](C2)N1C. The summed E-state index contributed by atoms with van der Waals surface area (Å²) in [5.74, 6) is 0.349. The number of nitrogens with one attached hydrogen (secondary N) is 1. The number of nitrogens with zero attached hydrogens (tertiary/aromatic N) is 1. The lowest BCUT2D eigenvalue weighted by atomic mass is 9.97. The van der Waals surface area contributed by atoms with Crippen molar-refractivity contribution in [3.63, 3.8) is 0 Å². The fourth-order valence-corrected chi connectivity index (χ4v) is 3.73. The van der Waals surface area contributed by atoms with Crippen LogP contribution in [0, 0.1) is 5.92 Å². The molecule has 1 saturated carbocycles. The van der Waals surface area contributed by atoms with Crippen LogP contribution in [0.1, 0.15) is 32.6 Å². The number of rotatable bonds is 2. The normalized spacial score (nSPS) is 43.2. The predicted molar refractivity (Wildman–Crippen MR) is 64.8 cm³/mol. The Morgan fingerprint density at radius 2 is 2.22 bits per heavy atom. The zero-order chi connectivity index (χ0) is 12.9. The molecule has 1 amide bonds. The Balaban J connectivity index is 1.63. The summed E-state index contributed by atoms with van der Waals surface area (Å²) in [4.78, 5) is 25.7. The summed E-state index contributed by atoms with van der Waals surface area (Å²) in [5, 5.41) is 2.99. The van der Waals surface area contributed by atoms with Gasteiger partial charge < -0.3 is 10.1 Å². The minimum atomic E-state index is -0.214. The molecule has 0 radical (unpaired) electrons. The van der Waals surface area contributed by atoms with Crippen molar-refractivity contribution in [2.24, 2.45) is 5.92 Å². The van der Waals surface area contributed by atoms with Gasteiger partial charge in [-0.25, -0.2) is 0 Å². The molecule has 2 bridgehead atoms. The van der Waals surface area contributed by atoms with E-state index in [0.717, 1.165) is 12.8 Å². The lowest BCUT2D eigenvalue weighted by Gasteiger charge is -2.31. The fraction of sp³-hybridized carbons (Fsp3) is 0.846. The van der Waals surface area contributed by atoms with Gasteiger partial charge in [-0.05, 0) is 39.2 Å². The smallest absolute Gasteiger partial charge is 0.308 e. The largest absolute Gasteiger partial charge is 0.460 e. The van der Waals surface area contributed by atoms with Crippen LogP contribution < -0.4 is 5.32 Å². The molecule has 2 aliphatic heterocycles. The van der Waals surface area contributed by atoms with E-state index < -0.39 is 0 Å². The van der Waals surface area contributed by atoms with E-state index in [1.165, 1.54) is 6.42 Å². The highest BCUT2D eigenvalue weighted by Crippen LogP contribution is 2.41. The molecule has 1 aliphatic carbocycles. The molecule has 3 unspecified atom stereocenters. The molecule has 1 N–H and O–H groups in total. The molecular formula is C13H20N2O3. The fourth-order valence-electron chi connectivity index (χ4n) is 3.73. The second kappa shape index (κ2) is 4.23. The molecule has 0 aromatic heterocycles. The van der Waals surface area contributed by atoms with Gasteiger partial charge in [0, 0.05) is 6.04 Å². The van der Waals surface area contributed by atoms with Crippen LogP contribution in [0.2, 0.25) is 0 Å². The third-order valence-corrected chi connectivity index (χ3v) is 4.77. The molecule has 3 rings (SSSR count). The highest BCUT2D eigenvalue weighted by Gasteiger charge is 2.48. The highest BCUT2D eigenvalue weighted by molar-refractivity contribution is 5.84. The van der Waals surface area contributed by atoms with Crippen molar-refractivity contribution in [3.05, 3.63) is 0 Å². The van der Waals surface area contributed by atoms with E-state index in [9.17, 15) is 9.59 Å². The Hall–Kier alpha value is -1.10. The van der Waals surface area contributed by atoms with Crippen LogP contribution in [0.5, 0.6) is 0 Å². The number of likely N-dealkylation sites (tertiary alicyclic amines) is 1. The molecule has 2 saturated heterocycles. The summed E-state index contributed by atoms with van der Waals surface area (Å²) >= 11 is 0. The summed E-state index contributed by atoms with van der Waals surface area (Å²) in [6.07, 6.45) is 3.61. The van der Waals surface area contributed by atoms with E-state index in [1.807, 2.05) is 14.0 Å². The molecule has 100 valence electrons. The van der Waals surface area contributed by atoms with Gasteiger partial charge in [-0.15, -0.1) is 0 Å². The number of piperidine rings is 1. The highest BCUT2D eigenvalue weighted by atomic mass is 16.6. The molecule has 5 nitrogen and oxygen atoms in total. The minimum absolute atomic E-state index is 0.00773. The summed E-state index contributed by atoms with van der Waals surface area (Å²) in [5.41, 5.74) is 0. The molecule has 2 heterocycles. The van der Waals surface area contributed by atoms with Gasteiger partial charge in [0.15, 0.2) is 0 Å². The van der Waals surface area contributed by atoms with Crippen LogP contribution in [0.4, 0.5) is 0 Å². The maximum atomic E-state index is 12.3. The number of likely N-dealkylation sites (N-methyl/N-ethyl adjacent to an activating group) is 1. The van der Waals surface area contributed by atoms with Crippen molar-refractivity contribution in [3.8, 4) is 0 Å². The van der Waals surface area contributed by atoms with Crippen molar-refractivity contribution in [1.29, 1.82) is 0 Å². The molecule has 0 spiro atoms. The molecule has 0 aromatic rings. The van der Waals surface area contributed by atoms with Crippen LogP contribution in [0.15, 0.2) is 0 Å². The van der Waals surface area contributed by atoms with Crippen LogP contribution in [-0.2, 0) is 14.3 Å².